The lowest BCUT2D eigenvalue weighted by Crippen LogP contribution is -2.11. The number of rotatable bonds is 2. The van der Waals surface area contributed by atoms with Crippen LogP contribution in [0.1, 0.15) is 27.7 Å². The lowest BCUT2D eigenvalue weighted by Gasteiger charge is -2.11. The van der Waals surface area contributed by atoms with Gasteiger partial charge in [-0.1, -0.05) is 16.6 Å². The van der Waals surface area contributed by atoms with Crippen molar-refractivity contribution >= 4 is 11.5 Å². The molecule has 0 spiro atoms. The maximum Gasteiger partial charge on any atom is 0.126 e. The number of halogens is 1. The summed E-state index contributed by atoms with van der Waals surface area (Å²) in [6.07, 6.45) is 0. The first-order valence-corrected chi connectivity index (χ1v) is 5.67. The van der Waals surface area contributed by atoms with Gasteiger partial charge in [-0.15, -0.1) is 5.10 Å². The van der Waals surface area contributed by atoms with E-state index < -0.39 is 0 Å². The summed E-state index contributed by atoms with van der Waals surface area (Å²) in [7, 11) is 0. The molecule has 1 heterocycles. The van der Waals surface area contributed by atoms with Crippen LogP contribution in [-0.4, -0.2) is 9.59 Å². The summed E-state index contributed by atoms with van der Waals surface area (Å²) in [5.74, 6) is -0.213. The van der Waals surface area contributed by atoms with Crippen LogP contribution in [0.4, 0.5) is 4.39 Å². The highest BCUT2D eigenvalue weighted by atomic mass is 32.1. The summed E-state index contributed by atoms with van der Waals surface area (Å²) in [6, 6.07) is 4.62. The molecular formula is C11H12FN3S. The van der Waals surface area contributed by atoms with E-state index in [-0.39, 0.29) is 11.9 Å². The Morgan fingerprint density at radius 3 is 2.69 bits per heavy atom. The highest BCUT2D eigenvalue weighted by Gasteiger charge is 2.15. The number of aromatic nitrogens is 2. The molecule has 1 unspecified atom stereocenters. The highest BCUT2D eigenvalue weighted by Crippen LogP contribution is 2.25. The fourth-order valence-corrected chi connectivity index (χ4v) is 2.21. The average molecular weight is 237 g/mol. The van der Waals surface area contributed by atoms with Gasteiger partial charge in [0.1, 0.15) is 5.82 Å². The van der Waals surface area contributed by atoms with Crippen molar-refractivity contribution in [2.75, 3.05) is 0 Å². The number of benzene rings is 1. The van der Waals surface area contributed by atoms with Crippen molar-refractivity contribution in [3.8, 4) is 0 Å². The minimum Gasteiger partial charge on any atom is -0.320 e. The van der Waals surface area contributed by atoms with Crippen LogP contribution in [-0.2, 0) is 0 Å². The Kier molecular flexibility index (Phi) is 2.98. The van der Waals surface area contributed by atoms with Crippen LogP contribution in [0.2, 0.25) is 0 Å². The van der Waals surface area contributed by atoms with Gasteiger partial charge < -0.3 is 5.73 Å². The minimum atomic E-state index is -0.278. The van der Waals surface area contributed by atoms with Crippen LogP contribution < -0.4 is 5.73 Å². The van der Waals surface area contributed by atoms with Gasteiger partial charge in [0, 0.05) is 0 Å². The van der Waals surface area contributed by atoms with Crippen molar-refractivity contribution in [3.63, 3.8) is 0 Å². The van der Waals surface area contributed by atoms with Gasteiger partial charge in [-0.3, -0.25) is 0 Å². The quantitative estimate of drug-likeness (QED) is 0.872. The number of nitrogens with zero attached hydrogens (tertiary/aromatic N) is 2. The van der Waals surface area contributed by atoms with Crippen molar-refractivity contribution in [1.82, 2.24) is 9.59 Å². The van der Waals surface area contributed by atoms with E-state index in [4.69, 9.17) is 5.73 Å². The number of hydrogen-bond acceptors (Lipinski definition) is 4. The largest absolute Gasteiger partial charge is 0.320 e. The van der Waals surface area contributed by atoms with Crippen molar-refractivity contribution < 1.29 is 4.39 Å². The third-order valence-corrected chi connectivity index (χ3v) is 3.42. The van der Waals surface area contributed by atoms with Gasteiger partial charge in [-0.05, 0) is 42.6 Å². The van der Waals surface area contributed by atoms with Crippen LogP contribution in [0, 0.1) is 19.7 Å². The van der Waals surface area contributed by atoms with Gasteiger partial charge in [0.25, 0.3) is 0 Å². The second-order valence-electron chi connectivity index (χ2n) is 3.71. The Balaban J connectivity index is 2.38. The van der Waals surface area contributed by atoms with Gasteiger partial charge >= 0.3 is 0 Å². The first-order chi connectivity index (χ1) is 7.59. The lowest BCUT2D eigenvalue weighted by atomic mass is 10.0. The standard InChI is InChI=1S/C11H12FN3S/c1-6-5-8(3-4-9(6)12)10(13)11-7(2)14-15-16-11/h3-5,10H,13H2,1-2H3. The van der Waals surface area contributed by atoms with Crippen molar-refractivity contribution in [2.45, 2.75) is 19.9 Å². The molecule has 2 N–H and O–H groups in total. The van der Waals surface area contributed by atoms with Gasteiger partial charge in [-0.2, -0.15) is 0 Å². The molecule has 5 heteroatoms. The molecule has 0 saturated carbocycles. The Morgan fingerprint density at radius 1 is 1.38 bits per heavy atom. The molecule has 0 aliphatic rings. The number of hydrogen-bond donors (Lipinski definition) is 1. The maximum atomic E-state index is 13.1. The van der Waals surface area contributed by atoms with E-state index in [1.165, 1.54) is 17.6 Å². The molecule has 3 nitrogen and oxygen atoms in total. The van der Waals surface area contributed by atoms with E-state index >= 15 is 0 Å². The second-order valence-corrected chi connectivity index (χ2v) is 4.49. The van der Waals surface area contributed by atoms with E-state index in [0.29, 0.717) is 5.56 Å². The maximum absolute atomic E-state index is 13.1. The molecule has 0 radical (unpaired) electrons. The van der Waals surface area contributed by atoms with Crippen molar-refractivity contribution in [2.24, 2.45) is 5.73 Å². The zero-order valence-electron chi connectivity index (χ0n) is 9.07. The smallest absolute Gasteiger partial charge is 0.126 e. The van der Waals surface area contributed by atoms with Gasteiger partial charge in [0.05, 0.1) is 16.6 Å². The first-order valence-electron chi connectivity index (χ1n) is 4.90. The molecule has 16 heavy (non-hydrogen) atoms. The Bertz CT molecular complexity index is 510. The molecule has 0 aliphatic carbocycles. The zero-order valence-corrected chi connectivity index (χ0v) is 9.88. The van der Waals surface area contributed by atoms with Crippen LogP contribution in [0.25, 0.3) is 0 Å². The lowest BCUT2D eigenvalue weighted by molar-refractivity contribution is 0.617. The molecule has 0 aliphatic heterocycles. The highest BCUT2D eigenvalue weighted by molar-refractivity contribution is 7.05. The molecule has 0 saturated heterocycles. The van der Waals surface area contributed by atoms with E-state index in [0.717, 1.165) is 16.1 Å². The van der Waals surface area contributed by atoms with Crippen LogP contribution in [0.15, 0.2) is 18.2 Å². The first kappa shape index (κ1) is 11.2. The Hall–Kier alpha value is -1.33. The fourth-order valence-electron chi connectivity index (χ4n) is 1.54. The van der Waals surface area contributed by atoms with Gasteiger partial charge in [-0.25, -0.2) is 4.39 Å². The van der Waals surface area contributed by atoms with Crippen molar-refractivity contribution in [3.05, 3.63) is 45.7 Å². The molecular weight excluding hydrogens is 225 g/mol. The van der Waals surface area contributed by atoms with Gasteiger partial charge in [0.2, 0.25) is 0 Å². The molecule has 1 aromatic carbocycles. The molecule has 1 aromatic heterocycles. The third-order valence-electron chi connectivity index (χ3n) is 2.51. The van der Waals surface area contributed by atoms with Crippen LogP contribution in [0.5, 0.6) is 0 Å². The molecule has 84 valence electrons. The average Bonchev–Trinajstić information content (AvgIpc) is 2.67. The van der Waals surface area contributed by atoms with E-state index in [9.17, 15) is 4.39 Å². The summed E-state index contributed by atoms with van der Waals surface area (Å²) in [5, 5.41) is 3.92. The van der Waals surface area contributed by atoms with Crippen molar-refractivity contribution in [1.29, 1.82) is 0 Å². The number of nitrogens with two attached hydrogens (primary N) is 1. The minimum absolute atomic E-state index is 0.213. The SMILES string of the molecule is Cc1cc(C(N)c2snnc2C)ccc1F. The monoisotopic (exact) mass is 237 g/mol. The zero-order chi connectivity index (χ0) is 11.7. The summed E-state index contributed by atoms with van der Waals surface area (Å²) < 4.78 is 17.0. The normalized spacial score (nSPS) is 12.8. The Labute approximate surface area is 97.3 Å². The second kappa shape index (κ2) is 4.27. The summed E-state index contributed by atoms with van der Waals surface area (Å²) in [4.78, 5) is 0.922. The van der Waals surface area contributed by atoms with Gasteiger partial charge in [0.15, 0.2) is 0 Å². The summed E-state index contributed by atoms with van der Waals surface area (Å²) in [5.41, 5.74) is 8.40. The molecule has 2 aromatic rings. The predicted molar refractivity (Wildman–Crippen MR) is 61.8 cm³/mol. The third kappa shape index (κ3) is 1.96. The molecule has 1 atom stereocenters. The molecule has 0 amide bonds. The van der Waals surface area contributed by atoms with Crippen LogP contribution >= 0.6 is 11.5 Å². The topological polar surface area (TPSA) is 51.8 Å². The summed E-state index contributed by atoms with van der Waals surface area (Å²) in [6.45, 7) is 3.60. The van der Waals surface area contributed by atoms with E-state index in [2.05, 4.69) is 9.59 Å². The molecule has 2 rings (SSSR count). The Morgan fingerprint density at radius 2 is 2.12 bits per heavy atom. The molecule has 0 bridgehead atoms. The van der Waals surface area contributed by atoms with Crippen LogP contribution in [0.3, 0.4) is 0 Å². The fraction of sp³-hybridized carbons (Fsp3) is 0.273. The predicted octanol–water partition coefficient (Wildman–Crippen LogP) is 2.34. The van der Waals surface area contributed by atoms with E-state index in [1.54, 1.807) is 19.1 Å². The number of aryl methyl sites for hydroxylation is 2. The van der Waals surface area contributed by atoms with E-state index in [1.807, 2.05) is 6.92 Å². The molecule has 0 fully saturated rings. The summed E-state index contributed by atoms with van der Waals surface area (Å²) >= 11 is 1.28.